The van der Waals surface area contributed by atoms with Crippen LogP contribution in [-0.2, 0) is 16.0 Å². The van der Waals surface area contributed by atoms with Crippen LogP contribution in [0.5, 0.6) is 0 Å². The van der Waals surface area contributed by atoms with Crippen molar-refractivity contribution >= 4 is 16.7 Å². The van der Waals surface area contributed by atoms with Gasteiger partial charge in [0.25, 0.3) is 0 Å². The molecular weight excluding hydrogens is 436 g/mol. The molecule has 34 heavy (non-hydrogen) atoms. The number of hydrogen-bond donors (Lipinski definition) is 0. The van der Waals surface area contributed by atoms with Crippen LogP contribution < -0.4 is 0 Å². The Hall–Kier alpha value is -3.74. The number of benzene rings is 2. The summed E-state index contributed by atoms with van der Waals surface area (Å²) in [7, 11) is 0. The number of halogens is 2. The molecule has 0 amide bonds. The van der Waals surface area contributed by atoms with E-state index >= 15 is 0 Å². The second kappa shape index (κ2) is 9.63. The summed E-state index contributed by atoms with van der Waals surface area (Å²) in [5, 5.41) is 1.99. The molecule has 2 aromatic carbocycles. The third-order valence-electron chi connectivity index (χ3n) is 5.32. The molecule has 0 bridgehead atoms. The van der Waals surface area contributed by atoms with Crippen LogP contribution in [0.1, 0.15) is 44.4 Å². The third kappa shape index (κ3) is 5.78. The average Bonchev–Trinajstić information content (AvgIpc) is 2.76. The minimum atomic E-state index is -0.669. The molecule has 5 nitrogen and oxygen atoms in total. The van der Waals surface area contributed by atoms with Crippen molar-refractivity contribution in [2.45, 2.75) is 45.1 Å². The van der Waals surface area contributed by atoms with Crippen LogP contribution in [-0.4, -0.2) is 26.5 Å². The lowest BCUT2D eigenvalue weighted by molar-refractivity contribution is -0.155. The van der Waals surface area contributed by atoms with Crippen molar-refractivity contribution in [3.8, 4) is 11.1 Å². The van der Waals surface area contributed by atoms with E-state index in [0.717, 1.165) is 28.0 Å². The monoisotopic (exact) mass is 461 g/mol. The maximum absolute atomic E-state index is 13.9. The van der Waals surface area contributed by atoms with Crippen LogP contribution in [0, 0.1) is 11.6 Å². The predicted molar refractivity (Wildman–Crippen MR) is 126 cm³/mol. The van der Waals surface area contributed by atoms with Gasteiger partial charge in [0.2, 0.25) is 0 Å². The van der Waals surface area contributed by atoms with Gasteiger partial charge in [-0.2, -0.15) is 0 Å². The fraction of sp³-hybridized carbons (Fsp3) is 0.259. The number of nitrogens with zero attached hydrogens (tertiary/aromatic N) is 3. The summed E-state index contributed by atoms with van der Waals surface area (Å²) >= 11 is 0. The van der Waals surface area contributed by atoms with Gasteiger partial charge in [0.05, 0.1) is 12.1 Å². The van der Waals surface area contributed by atoms with E-state index in [9.17, 15) is 13.6 Å². The number of aromatic nitrogens is 3. The van der Waals surface area contributed by atoms with Gasteiger partial charge in [0, 0.05) is 41.5 Å². The molecule has 4 aromatic rings. The second-order valence-corrected chi connectivity index (χ2v) is 9.23. The summed E-state index contributed by atoms with van der Waals surface area (Å²) < 4.78 is 33.3. The van der Waals surface area contributed by atoms with E-state index in [1.807, 2.05) is 24.3 Å². The molecule has 2 aromatic heterocycles. The van der Waals surface area contributed by atoms with Crippen molar-refractivity contribution < 1.29 is 18.3 Å². The highest BCUT2D eigenvalue weighted by Crippen LogP contribution is 2.33. The second-order valence-electron chi connectivity index (χ2n) is 9.23. The van der Waals surface area contributed by atoms with E-state index in [1.165, 1.54) is 18.5 Å². The standard InChI is InChI=1S/C27H25F2N3O2/c1-27(2,3)34-25(33)12-21(8-17-9-22(28)13-23(29)10-17)26-24(15-31-16-32-26)19-4-5-20-14-30-7-6-18(20)11-19/h4-7,9-11,13-16,21H,8,12H2,1-3H3. The Morgan fingerprint density at radius 3 is 2.47 bits per heavy atom. The molecule has 0 N–H and O–H groups in total. The zero-order valence-electron chi connectivity index (χ0n) is 19.3. The maximum Gasteiger partial charge on any atom is 0.306 e. The zero-order chi connectivity index (χ0) is 24.3. The van der Waals surface area contributed by atoms with E-state index in [2.05, 4.69) is 15.0 Å². The summed E-state index contributed by atoms with van der Waals surface area (Å²) in [5.74, 6) is -2.24. The van der Waals surface area contributed by atoms with Crippen LogP contribution in [0.2, 0.25) is 0 Å². The number of fused-ring (bicyclic) bond motifs is 1. The Kier molecular flexibility index (Phi) is 6.63. The largest absolute Gasteiger partial charge is 0.460 e. The maximum atomic E-state index is 13.9. The van der Waals surface area contributed by atoms with Gasteiger partial charge in [0.15, 0.2) is 0 Å². The van der Waals surface area contributed by atoms with E-state index in [4.69, 9.17) is 4.74 Å². The Morgan fingerprint density at radius 1 is 0.971 bits per heavy atom. The van der Waals surface area contributed by atoms with E-state index in [-0.39, 0.29) is 12.8 Å². The zero-order valence-corrected chi connectivity index (χ0v) is 19.3. The Bertz CT molecular complexity index is 1310. The van der Waals surface area contributed by atoms with Crippen molar-refractivity contribution in [2.24, 2.45) is 0 Å². The van der Waals surface area contributed by atoms with Crippen LogP contribution in [0.25, 0.3) is 21.9 Å². The lowest BCUT2D eigenvalue weighted by Crippen LogP contribution is -2.25. The third-order valence-corrected chi connectivity index (χ3v) is 5.32. The molecule has 7 heteroatoms. The average molecular weight is 462 g/mol. The summed E-state index contributed by atoms with van der Waals surface area (Å²) in [6.45, 7) is 5.38. The first-order chi connectivity index (χ1) is 16.2. The normalized spacial score (nSPS) is 12.5. The first-order valence-electron chi connectivity index (χ1n) is 11.0. The number of rotatable bonds is 6. The van der Waals surface area contributed by atoms with Gasteiger partial charge in [-0.1, -0.05) is 12.1 Å². The fourth-order valence-electron chi connectivity index (χ4n) is 4.00. The summed E-state index contributed by atoms with van der Waals surface area (Å²) in [6, 6.07) is 11.2. The van der Waals surface area contributed by atoms with Crippen molar-refractivity contribution in [3.05, 3.63) is 90.3 Å². The molecule has 0 radical (unpaired) electrons. The van der Waals surface area contributed by atoms with E-state index in [1.54, 1.807) is 39.4 Å². The fourth-order valence-corrected chi connectivity index (χ4v) is 4.00. The molecule has 0 fully saturated rings. The van der Waals surface area contributed by atoms with Gasteiger partial charge in [0.1, 0.15) is 23.6 Å². The van der Waals surface area contributed by atoms with Crippen LogP contribution >= 0.6 is 0 Å². The quantitative estimate of drug-likeness (QED) is 0.328. The SMILES string of the molecule is CC(C)(C)OC(=O)CC(Cc1cc(F)cc(F)c1)c1ncncc1-c1ccc2cnccc2c1. The lowest BCUT2D eigenvalue weighted by atomic mass is 9.88. The van der Waals surface area contributed by atoms with Crippen molar-refractivity contribution in [1.29, 1.82) is 0 Å². The van der Waals surface area contributed by atoms with Crippen LogP contribution in [0.3, 0.4) is 0 Å². The summed E-state index contributed by atoms with van der Waals surface area (Å²) in [6.07, 6.45) is 6.81. The molecule has 1 unspecified atom stereocenters. The molecule has 0 aliphatic rings. The highest BCUT2D eigenvalue weighted by atomic mass is 19.1. The van der Waals surface area contributed by atoms with Gasteiger partial charge < -0.3 is 4.74 Å². The molecule has 0 aliphatic heterocycles. The van der Waals surface area contributed by atoms with Gasteiger partial charge in [-0.15, -0.1) is 0 Å². The van der Waals surface area contributed by atoms with Crippen molar-refractivity contribution in [2.75, 3.05) is 0 Å². The molecule has 1 atom stereocenters. The molecule has 0 spiro atoms. The minimum Gasteiger partial charge on any atom is -0.460 e. The molecule has 4 rings (SSSR count). The number of pyridine rings is 1. The summed E-state index contributed by atoms with van der Waals surface area (Å²) in [5.41, 5.74) is 1.99. The van der Waals surface area contributed by atoms with Gasteiger partial charge in [-0.25, -0.2) is 18.7 Å². The predicted octanol–water partition coefficient (Wildman–Crippen LogP) is 6.03. The van der Waals surface area contributed by atoms with E-state index < -0.39 is 29.1 Å². The molecule has 174 valence electrons. The first kappa shape index (κ1) is 23.4. The van der Waals surface area contributed by atoms with Gasteiger partial charge in [-0.05, 0) is 68.0 Å². The Labute approximate surface area is 196 Å². The number of carbonyl (C=O) groups is 1. The molecular formula is C27H25F2N3O2. The highest BCUT2D eigenvalue weighted by molar-refractivity contribution is 5.87. The first-order valence-corrected chi connectivity index (χ1v) is 11.0. The number of carbonyl (C=O) groups excluding carboxylic acids is 1. The Balaban J connectivity index is 1.76. The molecule has 0 saturated heterocycles. The summed E-state index contributed by atoms with van der Waals surface area (Å²) in [4.78, 5) is 25.6. The van der Waals surface area contributed by atoms with Crippen molar-refractivity contribution in [1.82, 2.24) is 15.0 Å². The number of esters is 1. The smallest absolute Gasteiger partial charge is 0.306 e. The lowest BCUT2D eigenvalue weighted by Gasteiger charge is -2.23. The Morgan fingerprint density at radius 2 is 1.74 bits per heavy atom. The van der Waals surface area contributed by atoms with Gasteiger partial charge >= 0.3 is 5.97 Å². The van der Waals surface area contributed by atoms with Crippen LogP contribution in [0.15, 0.2) is 67.4 Å². The molecule has 0 aliphatic carbocycles. The van der Waals surface area contributed by atoms with Crippen molar-refractivity contribution in [3.63, 3.8) is 0 Å². The van der Waals surface area contributed by atoms with E-state index in [0.29, 0.717) is 11.3 Å². The number of ether oxygens (including phenoxy) is 1. The number of hydrogen-bond acceptors (Lipinski definition) is 5. The highest BCUT2D eigenvalue weighted by Gasteiger charge is 2.26. The minimum absolute atomic E-state index is 0.00306. The molecule has 0 saturated carbocycles. The van der Waals surface area contributed by atoms with Gasteiger partial charge in [-0.3, -0.25) is 9.78 Å². The topological polar surface area (TPSA) is 65.0 Å². The van der Waals surface area contributed by atoms with Crippen LogP contribution in [0.4, 0.5) is 8.78 Å². The molecule has 2 heterocycles.